The van der Waals surface area contributed by atoms with Crippen LogP contribution in [0.25, 0.3) is 0 Å². The van der Waals surface area contributed by atoms with E-state index in [-0.39, 0.29) is 0 Å². The molecule has 1 aliphatic carbocycles. The van der Waals surface area contributed by atoms with Gasteiger partial charge in [-0.05, 0) is 36.5 Å². The SMILES string of the molecule is CC1CC(C)CN(CC2CCCCC2C)C1. The highest BCUT2D eigenvalue weighted by Crippen LogP contribution is 2.31. The molecule has 94 valence electrons. The van der Waals surface area contributed by atoms with Crippen molar-refractivity contribution in [3.8, 4) is 0 Å². The highest BCUT2D eigenvalue weighted by molar-refractivity contribution is 4.80. The van der Waals surface area contributed by atoms with Crippen molar-refractivity contribution in [2.24, 2.45) is 23.7 Å². The molecule has 1 nitrogen and oxygen atoms in total. The van der Waals surface area contributed by atoms with Gasteiger partial charge >= 0.3 is 0 Å². The van der Waals surface area contributed by atoms with Crippen molar-refractivity contribution >= 4 is 0 Å². The largest absolute Gasteiger partial charge is 0.303 e. The van der Waals surface area contributed by atoms with E-state index in [1.165, 1.54) is 51.7 Å². The Hall–Kier alpha value is -0.0400. The molecule has 0 aromatic rings. The molecule has 0 aromatic carbocycles. The van der Waals surface area contributed by atoms with Gasteiger partial charge < -0.3 is 4.90 Å². The summed E-state index contributed by atoms with van der Waals surface area (Å²) in [4.78, 5) is 2.76. The lowest BCUT2D eigenvalue weighted by Crippen LogP contribution is -2.42. The summed E-state index contributed by atoms with van der Waals surface area (Å²) < 4.78 is 0. The van der Waals surface area contributed by atoms with Crippen LogP contribution in [0.3, 0.4) is 0 Å². The molecule has 0 amide bonds. The van der Waals surface area contributed by atoms with E-state index in [1.807, 2.05) is 0 Å². The van der Waals surface area contributed by atoms with Gasteiger partial charge in [-0.15, -0.1) is 0 Å². The van der Waals surface area contributed by atoms with Crippen LogP contribution in [-0.4, -0.2) is 24.5 Å². The number of nitrogens with zero attached hydrogens (tertiary/aromatic N) is 1. The molecule has 2 rings (SSSR count). The molecule has 0 N–H and O–H groups in total. The standard InChI is InChI=1S/C15H29N/c1-12-8-13(2)10-16(9-12)11-15-7-5-4-6-14(15)3/h12-15H,4-11H2,1-3H3. The highest BCUT2D eigenvalue weighted by atomic mass is 15.1. The van der Waals surface area contributed by atoms with Crippen LogP contribution in [-0.2, 0) is 0 Å². The topological polar surface area (TPSA) is 3.24 Å². The highest BCUT2D eigenvalue weighted by Gasteiger charge is 2.27. The van der Waals surface area contributed by atoms with Gasteiger partial charge in [0.05, 0.1) is 0 Å². The van der Waals surface area contributed by atoms with Gasteiger partial charge in [-0.3, -0.25) is 0 Å². The Labute approximate surface area is 102 Å². The second-order valence-corrected chi connectivity index (χ2v) is 6.69. The second kappa shape index (κ2) is 5.53. The van der Waals surface area contributed by atoms with E-state index < -0.39 is 0 Å². The van der Waals surface area contributed by atoms with E-state index in [9.17, 15) is 0 Å². The minimum Gasteiger partial charge on any atom is -0.303 e. The molecule has 0 aromatic heterocycles. The van der Waals surface area contributed by atoms with Gasteiger partial charge in [-0.2, -0.15) is 0 Å². The lowest BCUT2D eigenvalue weighted by Gasteiger charge is -2.39. The Morgan fingerprint density at radius 1 is 0.938 bits per heavy atom. The molecule has 0 radical (unpaired) electrons. The maximum atomic E-state index is 2.76. The predicted octanol–water partition coefficient (Wildman–Crippen LogP) is 3.79. The van der Waals surface area contributed by atoms with Crippen molar-refractivity contribution in [2.45, 2.75) is 52.9 Å². The molecule has 1 heterocycles. The van der Waals surface area contributed by atoms with Gasteiger partial charge in [-0.25, -0.2) is 0 Å². The molecule has 2 aliphatic rings. The molecule has 0 spiro atoms. The summed E-state index contributed by atoms with van der Waals surface area (Å²) in [6, 6.07) is 0. The Bertz CT molecular complexity index is 203. The first-order chi connectivity index (χ1) is 7.65. The van der Waals surface area contributed by atoms with Gasteiger partial charge in [0.1, 0.15) is 0 Å². The Morgan fingerprint density at radius 2 is 1.56 bits per heavy atom. The Kier molecular flexibility index (Phi) is 4.29. The molecule has 0 bridgehead atoms. The zero-order valence-electron chi connectivity index (χ0n) is 11.4. The first kappa shape index (κ1) is 12.4. The second-order valence-electron chi connectivity index (χ2n) is 6.69. The summed E-state index contributed by atoms with van der Waals surface area (Å²) in [5.74, 6) is 3.80. The van der Waals surface area contributed by atoms with Gasteiger partial charge in [0.25, 0.3) is 0 Å². The average molecular weight is 223 g/mol. The summed E-state index contributed by atoms with van der Waals surface area (Å²) in [6.07, 6.45) is 7.36. The lowest BCUT2D eigenvalue weighted by molar-refractivity contribution is 0.0947. The van der Waals surface area contributed by atoms with E-state index in [0.29, 0.717) is 0 Å². The van der Waals surface area contributed by atoms with E-state index in [0.717, 1.165) is 23.7 Å². The maximum Gasteiger partial charge on any atom is 0.00124 e. The third kappa shape index (κ3) is 3.23. The van der Waals surface area contributed by atoms with Crippen molar-refractivity contribution < 1.29 is 0 Å². The quantitative estimate of drug-likeness (QED) is 0.688. The number of hydrogen-bond donors (Lipinski definition) is 0. The first-order valence-corrected chi connectivity index (χ1v) is 7.37. The molecule has 1 saturated heterocycles. The van der Waals surface area contributed by atoms with Crippen molar-refractivity contribution in [1.82, 2.24) is 4.90 Å². The van der Waals surface area contributed by atoms with Crippen LogP contribution in [0.1, 0.15) is 52.9 Å². The molecule has 2 fully saturated rings. The fourth-order valence-electron chi connectivity index (χ4n) is 3.94. The number of hydrogen-bond acceptors (Lipinski definition) is 1. The van der Waals surface area contributed by atoms with Crippen LogP contribution in [0.15, 0.2) is 0 Å². The fourth-order valence-corrected chi connectivity index (χ4v) is 3.94. The monoisotopic (exact) mass is 223 g/mol. The summed E-state index contributed by atoms with van der Waals surface area (Å²) in [5.41, 5.74) is 0. The average Bonchev–Trinajstić information content (AvgIpc) is 2.20. The maximum absolute atomic E-state index is 2.76. The minimum atomic E-state index is 0.919. The van der Waals surface area contributed by atoms with Crippen molar-refractivity contribution in [3.05, 3.63) is 0 Å². The van der Waals surface area contributed by atoms with Crippen LogP contribution in [0.5, 0.6) is 0 Å². The lowest BCUT2D eigenvalue weighted by atomic mass is 9.79. The Morgan fingerprint density at radius 3 is 2.19 bits per heavy atom. The zero-order valence-corrected chi connectivity index (χ0v) is 11.4. The summed E-state index contributed by atoms with van der Waals surface area (Å²) in [6.45, 7) is 11.4. The molecule has 1 saturated carbocycles. The number of piperidine rings is 1. The molecule has 1 aliphatic heterocycles. The third-order valence-electron chi connectivity index (χ3n) is 4.73. The van der Waals surface area contributed by atoms with Crippen LogP contribution in [0, 0.1) is 23.7 Å². The normalized spacial score (nSPS) is 42.2. The van der Waals surface area contributed by atoms with Crippen molar-refractivity contribution in [3.63, 3.8) is 0 Å². The molecule has 16 heavy (non-hydrogen) atoms. The van der Waals surface area contributed by atoms with E-state index >= 15 is 0 Å². The van der Waals surface area contributed by atoms with Gasteiger partial charge in [0, 0.05) is 19.6 Å². The molecule has 4 atom stereocenters. The van der Waals surface area contributed by atoms with Crippen LogP contribution < -0.4 is 0 Å². The smallest absolute Gasteiger partial charge is 0.00124 e. The fraction of sp³-hybridized carbons (Fsp3) is 1.00. The molecule has 4 unspecified atom stereocenters. The van der Waals surface area contributed by atoms with E-state index in [2.05, 4.69) is 25.7 Å². The molecule has 1 heteroatoms. The minimum absolute atomic E-state index is 0.919. The third-order valence-corrected chi connectivity index (χ3v) is 4.73. The number of likely N-dealkylation sites (tertiary alicyclic amines) is 1. The van der Waals surface area contributed by atoms with Gasteiger partial charge in [0.2, 0.25) is 0 Å². The van der Waals surface area contributed by atoms with Crippen LogP contribution in [0.4, 0.5) is 0 Å². The zero-order chi connectivity index (χ0) is 11.5. The summed E-state index contributed by atoms with van der Waals surface area (Å²) in [5, 5.41) is 0. The molecular weight excluding hydrogens is 194 g/mol. The van der Waals surface area contributed by atoms with Crippen molar-refractivity contribution in [1.29, 1.82) is 0 Å². The van der Waals surface area contributed by atoms with Crippen molar-refractivity contribution in [2.75, 3.05) is 19.6 Å². The number of rotatable bonds is 2. The van der Waals surface area contributed by atoms with Gasteiger partial charge in [-0.1, -0.05) is 40.0 Å². The summed E-state index contributed by atoms with van der Waals surface area (Å²) >= 11 is 0. The first-order valence-electron chi connectivity index (χ1n) is 7.37. The van der Waals surface area contributed by atoms with Crippen LogP contribution in [0.2, 0.25) is 0 Å². The summed E-state index contributed by atoms with van der Waals surface area (Å²) in [7, 11) is 0. The van der Waals surface area contributed by atoms with E-state index in [1.54, 1.807) is 0 Å². The Balaban J connectivity index is 1.83. The van der Waals surface area contributed by atoms with Crippen LogP contribution >= 0.6 is 0 Å². The van der Waals surface area contributed by atoms with Gasteiger partial charge in [0.15, 0.2) is 0 Å². The van der Waals surface area contributed by atoms with E-state index in [4.69, 9.17) is 0 Å². The predicted molar refractivity (Wildman–Crippen MR) is 70.5 cm³/mol. The molecular formula is C15H29N.